The van der Waals surface area contributed by atoms with Crippen molar-refractivity contribution in [3.63, 3.8) is 0 Å². The van der Waals surface area contributed by atoms with E-state index in [1.165, 1.54) is 0 Å². The second-order valence-electron chi connectivity index (χ2n) is 6.95. The summed E-state index contributed by atoms with van der Waals surface area (Å²) >= 11 is 0. The van der Waals surface area contributed by atoms with Crippen molar-refractivity contribution in [2.45, 2.75) is 19.8 Å². The Kier molecular flexibility index (Phi) is 4.93. The van der Waals surface area contributed by atoms with E-state index in [1.807, 2.05) is 51.4 Å². The van der Waals surface area contributed by atoms with E-state index >= 15 is 0 Å². The maximum atomic E-state index is 12.8. The normalized spacial score (nSPS) is 20.4. The molecule has 26 heavy (non-hydrogen) atoms. The first-order valence-electron chi connectivity index (χ1n) is 8.68. The number of aryl methyl sites for hydroxylation is 2. The lowest BCUT2D eigenvalue weighted by atomic mass is 9.90. The van der Waals surface area contributed by atoms with Crippen LogP contribution in [0.4, 0.5) is 0 Å². The summed E-state index contributed by atoms with van der Waals surface area (Å²) in [6.07, 6.45) is 5.26. The molecule has 2 atom stereocenters. The van der Waals surface area contributed by atoms with Gasteiger partial charge in [0.2, 0.25) is 11.8 Å². The Morgan fingerprint density at radius 1 is 1.27 bits per heavy atom. The maximum Gasteiger partial charge on any atom is 0.246 e. The number of hydrogen-bond donors (Lipinski definition) is 1. The summed E-state index contributed by atoms with van der Waals surface area (Å²) in [5.74, 6) is -0.982. The molecule has 0 bridgehead atoms. The van der Waals surface area contributed by atoms with Crippen molar-refractivity contribution in [3.8, 4) is 0 Å². The molecule has 1 aromatic heterocycles. The van der Waals surface area contributed by atoms with Crippen molar-refractivity contribution in [1.29, 1.82) is 0 Å². The lowest BCUT2D eigenvalue weighted by Crippen LogP contribution is -2.31. The van der Waals surface area contributed by atoms with Gasteiger partial charge in [-0.3, -0.25) is 14.3 Å². The van der Waals surface area contributed by atoms with E-state index in [-0.39, 0.29) is 17.7 Å². The highest BCUT2D eigenvalue weighted by atomic mass is 16.2. The summed E-state index contributed by atoms with van der Waals surface area (Å²) < 4.78 is 1.69. The lowest BCUT2D eigenvalue weighted by molar-refractivity contribution is -0.125. The van der Waals surface area contributed by atoms with E-state index in [0.717, 1.165) is 22.3 Å². The van der Waals surface area contributed by atoms with Gasteiger partial charge in [0.05, 0.1) is 12.1 Å². The third-order valence-electron chi connectivity index (χ3n) is 5.06. The number of aromatic nitrogens is 2. The molecule has 1 fully saturated rings. The van der Waals surface area contributed by atoms with Gasteiger partial charge in [-0.25, -0.2) is 0 Å². The fraction of sp³-hybridized carbons (Fsp3) is 0.350. The predicted molar refractivity (Wildman–Crippen MR) is 100 cm³/mol. The predicted octanol–water partition coefficient (Wildman–Crippen LogP) is 1.86. The summed E-state index contributed by atoms with van der Waals surface area (Å²) in [6, 6.07) is 7.96. The van der Waals surface area contributed by atoms with Gasteiger partial charge in [0, 0.05) is 38.3 Å². The van der Waals surface area contributed by atoms with Crippen molar-refractivity contribution < 1.29 is 9.59 Å². The Morgan fingerprint density at radius 3 is 2.62 bits per heavy atom. The summed E-state index contributed by atoms with van der Waals surface area (Å²) in [4.78, 5) is 26.4. The van der Waals surface area contributed by atoms with Gasteiger partial charge in [-0.15, -0.1) is 0 Å². The van der Waals surface area contributed by atoms with Crippen LogP contribution in [0.1, 0.15) is 29.5 Å². The molecule has 3 rings (SSSR count). The van der Waals surface area contributed by atoms with Gasteiger partial charge in [-0.05, 0) is 36.1 Å². The number of carbonyl (C=O) groups excluding carboxylic acids is 2. The van der Waals surface area contributed by atoms with E-state index < -0.39 is 5.92 Å². The Balaban J connectivity index is 1.81. The molecular weight excluding hydrogens is 328 g/mol. The first kappa shape index (κ1) is 17.9. The van der Waals surface area contributed by atoms with E-state index in [9.17, 15) is 9.59 Å². The second-order valence-corrected chi connectivity index (χ2v) is 6.95. The van der Waals surface area contributed by atoms with Crippen LogP contribution >= 0.6 is 0 Å². The van der Waals surface area contributed by atoms with Crippen LogP contribution in [0.2, 0.25) is 0 Å². The van der Waals surface area contributed by atoms with Gasteiger partial charge in [-0.2, -0.15) is 5.10 Å². The molecule has 2 aromatic rings. The zero-order valence-corrected chi connectivity index (χ0v) is 15.3. The third kappa shape index (κ3) is 3.54. The minimum absolute atomic E-state index is 0.0941. The van der Waals surface area contributed by atoms with E-state index in [2.05, 4.69) is 5.10 Å². The van der Waals surface area contributed by atoms with Crippen LogP contribution in [-0.4, -0.2) is 39.6 Å². The largest absolute Gasteiger partial charge is 0.369 e. The molecule has 1 aliphatic rings. The van der Waals surface area contributed by atoms with E-state index in [0.29, 0.717) is 13.1 Å². The first-order chi connectivity index (χ1) is 12.4. The van der Waals surface area contributed by atoms with E-state index in [4.69, 9.17) is 5.73 Å². The topological polar surface area (TPSA) is 81.2 Å². The first-order valence-corrected chi connectivity index (χ1v) is 8.68. The number of amides is 2. The number of allylic oxidation sites excluding steroid dienone is 1. The highest BCUT2D eigenvalue weighted by molar-refractivity contribution is 5.96. The molecule has 1 saturated heterocycles. The lowest BCUT2D eigenvalue weighted by Gasteiger charge is -2.15. The van der Waals surface area contributed by atoms with Crippen LogP contribution in [0.3, 0.4) is 0 Å². The monoisotopic (exact) mass is 352 g/mol. The van der Waals surface area contributed by atoms with Crippen LogP contribution in [0, 0.1) is 12.8 Å². The molecule has 6 nitrogen and oxygen atoms in total. The van der Waals surface area contributed by atoms with Gasteiger partial charge >= 0.3 is 0 Å². The SMILES string of the molecule is C/C(=C\C(=O)N1C[C@H](C(N)=O)[C@@H](c2cnn(C)c2)C1)c1ccccc1C. The van der Waals surface area contributed by atoms with Gasteiger partial charge in [0.25, 0.3) is 0 Å². The third-order valence-corrected chi connectivity index (χ3v) is 5.06. The summed E-state index contributed by atoms with van der Waals surface area (Å²) in [7, 11) is 1.83. The number of rotatable bonds is 4. The Bertz CT molecular complexity index is 868. The fourth-order valence-corrected chi connectivity index (χ4v) is 3.61. The zero-order chi connectivity index (χ0) is 18.8. The number of primary amides is 1. The molecule has 0 aliphatic carbocycles. The van der Waals surface area contributed by atoms with Crippen LogP contribution in [0.15, 0.2) is 42.7 Å². The highest BCUT2D eigenvalue weighted by Crippen LogP contribution is 2.32. The number of hydrogen-bond acceptors (Lipinski definition) is 3. The molecule has 136 valence electrons. The average Bonchev–Trinajstić information content (AvgIpc) is 3.21. The minimum atomic E-state index is -0.393. The van der Waals surface area contributed by atoms with Crippen molar-refractivity contribution in [3.05, 3.63) is 59.4 Å². The molecule has 2 heterocycles. The van der Waals surface area contributed by atoms with Crippen LogP contribution in [-0.2, 0) is 16.6 Å². The van der Waals surface area contributed by atoms with Crippen molar-refractivity contribution in [2.24, 2.45) is 18.7 Å². The molecule has 6 heteroatoms. The Morgan fingerprint density at radius 2 is 2.00 bits per heavy atom. The van der Waals surface area contributed by atoms with Crippen LogP contribution < -0.4 is 5.73 Å². The highest BCUT2D eigenvalue weighted by Gasteiger charge is 2.39. The molecule has 2 N–H and O–H groups in total. The second kappa shape index (κ2) is 7.15. The summed E-state index contributed by atoms with van der Waals surface area (Å²) in [5.41, 5.74) is 9.61. The molecular formula is C20H24N4O2. The number of nitrogens with zero attached hydrogens (tertiary/aromatic N) is 3. The maximum absolute atomic E-state index is 12.8. The number of benzene rings is 1. The number of likely N-dealkylation sites (tertiary alicyclic amines) is 1. The molecule has 1 aromatic carbocycles. The van der Waals surface area contributed by atoms with E-state index in [1.54, 1.807) is 21.9 Å². The van der Waals surface area contributed by atoms with Gasteiger partial charge in [-0.1, -0.05) is 24.3 Å². The molecule has 0 spiro atoms. The molecule has 2 amide bonds. The molecule has 1 aliphatic heterocycles. The Hall–Kier alpha value is -2.89. The fourth-order valence-electron chi connectivity index (χ4n) is 3.61. The zero-order valence-electron chi connectivity index (χ0n) is 15.3. The Labute approximate surface area is 153 Å². The minimum Gasteiger partial charge on any atom is -0.369 e. The average molecular weight is 352 g/mol. The molecule has 0 unspecified atom stereocenters. The summed E-state index contributed by atoms with van der Waals surface area (Å²) in [6.45, 7) is 4.76. The van der Waals surface area contributed by atoms with Crippen molar-refractivity contribution >= 4 is 17.4 Å². The number of nitrogens with two attached hydrogens (primary N) is 1. The summed E-state index contributed by atoms with van der Waals surface area (Å²) in [5, 5.41) is 4.17. The molecule has 0 saturated carbocycles. The smallest absolute Gasteiger partial charge is 0.246 e. The van der Waals surface area contributed by atoms with Crippen molar-refractivity contribution in [1.82, 2.24) is 14.7 Å². The molecule has 0 radical (unpaired) electrons. The van der Waals surface area contributed by atoms with Gasteiger partial charge < -0.3 is 10.6 Å². The van der Waals surface area contributed by atoms with Gasteiger partial charge in [0.1, 0.15) is 0 Å². The number of carbonyl (C=O) groups is 2. The van der Waals surface area contributed by atoms with Crippen LogP contribution in [0.5, 0.6) is 0 Å². The van der Waals surface area contributed by atoms with Crippen molar-refractivity contribution in [2.75, 3.05) is 13.1 Å². The van der Waals surface area contributed by atoms with Gasteiger partial charge in [0.15, 0.2) is 0 Å². The van der Waals surface area contributed by atoms with Crippen LogP contribution in [0.25, 0.3) is 5.57 Å². The quantitative estimate of drug-likeness (QED) is 0.853. The standard InChI is InChI=1S/C20H24N4O2/c1-13-6-4-5-7-16(13)14(2)8-19(25)24-11-17(18(12-24)20(21)26)15-9-22-23(3)10-15/h4-10,17-18H,11-12H2,1-3H3,(H2,21,26)/b14-8+/t17-,18+/m1/s1.